The van der Waals surface area contributed by atoms with E-state index in [0.29, 0.717) is 25.7 Å². The Balaban J connectivity index is 4.19. The third kappa shape index (κ3) is 6.28. The van der Waals surface area contributed by atoms with Crippen LogP contribution in [0.1, 0.15) is 46.5 Å². The Hall–Kier alpha value is -0.710. The number of ketones is 1. The number of rotatable bonds is 9. The molecule has 3 N–H and O–H groups in total. The van der Waals surface area contributed by atoms with Gasteiger partial charge in [0.25, 0.3) is 0 Å². The van der Waals surface area contributed by atoms with Crippen molar-refractivity contribution in [1.29, 1.82) is 0 Å². The van der Waals surface area contributed by atoms with E-state index in [1.54, 1.807) is 0 Å². The molecule has 2 atom stereocenters. The van der Waals surface area contributed by atoms with Crippen LogP contribution < -0.4 is 0 Å². The first-order chi connectivity index (χ1) is 8.20. The van der Waals surface area contributed by atoms with E-state index in [-0.39, 0.29) is 17.8 Å². The number of aliphatic hydroxyl groups is 3. The molecule has 0 saturated carbocycles. The molecule has 0 amide bonds. The molecule has 0 radical (unpaired) electrons. The van der Waals surface area contributed by atoms with Crippen molar-refractivity contribution in [1.82, 2.24) is 0 Å². The van der Waals surface area contributed by atoms with Gasteiger partial charge in [0, 0.05) is 6.42 Å². The number of hydrogen-bond donors (Lipinski definition) is 3. The molecule has 0 aliphatic heterocycles. The molecule has 0 spiro atoms. The van der Waals surface area contributed by atoms with Crippen molar-refractivity contribution in [2.75, 3.05) is 6.61 Å². The zero-order valence-corrected chi connectivity index (χ0v) is 11.6. The van der Waals surface area contributed by atoms with E-state index in [0.717, 1.165) is 5.57 Å². The van der Waals surface area contributed by atoms with Gasteiger partial charge in [0.15, 0.2) is 5.78 Å². The van der Waals surface area contributed by atoms with Gasteiger partial charge >= 0.3 is 0 Å². The summed E-state index contributed by atoms with van der Waals surface area (Å²) in [7, 11) is 0. The molecular formula is C14H26O4. The molecule has 0 aliphatic carbocycles. The number of Topliss-reactive ketones (excluding diaryl/α,β-unsaturated/α-hetero) is 1. The van der Waals surface area contributed by atoms with E-state index in [4.69, 9.17) is 10.2 Å². The van der Waals surface area contributed by atoms with Crippen LogP contribution >= 0.6 is 0 Å². The molecule has 4 heteroatoms. The monoisotopic (exact) mass is 258 g/mol. The first-order valence-electron chi connectivity index (χ1n) is 6.38. The lowest BCUT2D eigenvalue weighted by atomic mass is 9.78. The number of allylic oxidation sites excluding steroid dienone is 1. The summed E-state index contributed by atoms with van der Waals surface area (Å²) in [6, 6.07) is 0. The number of aliphatic hydroxyl groups excluding tert-OH is 3. The van der Waals surface area contributed by atoms with Crippen LogP contribution in [0.5, 0.6) is 0 Å². The maximum atomic E-state index is 11.4. The third-order valence-corrected chi connectivity index (χ3v) is 3.41. The highest BCUT2D eigenvalue weighted by Crippen LogP contribution is 2.33. The fourth-order valence-electron chi connectivity index (χ4n) is 1.59. The predicted molar refractivity (Wildman–Crippen MR) is 71.2 cm³/mol. The molecule has 0 heterocycles. The van der Waals surface area contributed by atoms with Gasteiger partial charge in [-0.2, -0.15) is 0 Å². The van der Waals surface area contributed by atoms with Gasteiger partial charge in [0.1, 0.15) is 6.10 Å². The smallest absolute Gasteiger partial charge is 0.161 e. The predicted octanol–water partition coefficient (Wildman–Crippen LogP) is 1.43. The summed E-state index contributed by atoms with van der Waals surface area (Å²) in [5, 5.41) is 27.2. The van der Waals surface area contributed by atoms with Crippen molar-refractivity contribution in [2.24, 2.45) is 5.41 Å². The largest absolute Gasteiger partial charge is 0.394 e. The highest BCUT2D eigenvalue weighted by atomic mass is 16.3. The second kappa shape index (κ2) is 7.67. The second-order valence-electron chi connectivity index (χ2n) is 5.50. The minimum Gasteiger partial charge on any atom is -0.394 e. The molecule has 18 heavy (non-hydrogen) atoms. The summed E-state index contributed by atoms with van der Waals surface area (Å²) < 4.78 is 0. The van der Waals surface area contributed by atoms with Gasteiger partial charge in [-0.15, -0.1) is 0 Å². The minimum absolute atomic E-state index is 0.161. The van der Waals surface area contributed by atoms with Crippen molar-refractivity contribution in [3.8, 4) is 0 Å². The summed E-state index contributed by atoms with van der Waals surface area (Å²) in [6.07, 6.45) is 0.430. The summed E-state index contributed by atoms with van der Waals surface area (Å²) >= 11 is 0. The molecule has 0 bridgehead atoms. The molecule has 0 saturated heterocycles. The van der Waals surface area contributed by atoms with Crippen molar-refractivity contribution >= 4 is 5.78 Å². The highest BCUT2D eigenvalue weighted by Gasteiger charge is 2.24. The first kappa shape index (κ1) is 17.3. The number of carbonyl (C=O) groups excluding carboxylic acids is 1. The molecule has 0 aliphatic rings. The minimum atomic E-state index is -0.912. The Morgan fingerprint density at radius 2 is 1.83 bits per heavy atom. The second-order valence-corrected chi connectivity index (χ2v) is 5.50. The Morgan fingerprint density at radius 1 is 1.28 bits per heavy atom. The summed E-state index contributed by atoms with van der Waals surface area (Å²) in [6.45, 7) is 9.21. The fourth-order valence-corrected chi connectivity index (χ4v) is 1.59. The van der Waals surface area contributed by atoms with E-state index < -0.39 is 12.2 Å². The average molecular weight is 258 g/mol. The van der Waals surface area contributed by atoms with E-state index in [2.05, 4.69) is 6.58 Å². The van der Waals surface area contributed by atoms with Gasteiger partial charge in [0.2, 0.25) is 0 Å². The summed E-state index contributed by atoms with van der Waals surface area (Å²) in [5.74, 6) is -0.161. The maximum Gasteiger partial charge on any atom is 0.161 e. The van der Waals surface area contributed by atoms with Crippen LogP contribution in [-0.4, -0.2) is 39.9 Å². The molecule has 2 unspecified atom stereocenters. The van der Waals surface area contributed by atoms with Gasteiger partial charge < -0.3 is 15.3 Å². The lowest BCUT2D eigenvalue weighted by Gasteiger charge is -2.28. The number of carbonyl (C=O) groups is 1. The van der Waals surface area contributed by atoms with Crippen LogP contribution in [0.3, 0.4) is 0 Å². The zero-order valence-electron chi connectivity index (χ0n) is 11.6. The lowest BCUT2D eigenvalue weighted by Crippen LogP contribution is -2.22. The van der Waals surface area contributed by atoms with E-state index in [1.807, 2.05) is 13.8 Å². The molecule has 0 aromatic carbocycles. The van der Waals surface area contributed by atoms with Crippen LogP contribution in [0.2, 0.25) is 0 Å². The van der Waals surface area contributed by atoms with Crippen molar-refractivity contribution in [3.63, 3.8) is 0 Å². The highest BCUT2D eigenvalue weighted by molar-refractivity contribution is 5.82. The van der Waals surface area contributed by atoms with Crippen LogP contribution in [0.15, 0.2) is 12.2 Å². The van der Waals surface area contributed by atoms with Crippen LogP contribution in [0.4, 0.5) is 0 Å². The third-order valence-electron chi connectivity index (χ3n) is 3.41. The summed E-state index contributed by atoms with van der Waals surface area (Å²) in [4.78, 5) is 11.4. The molecular weight excluding hydrogens is 232 g/mol. The molecule has 0 rings (SSSR count). The Labute approximate surface area is 109 Å². The Kier molecular flexibility index (Phi) is 7.36. The van der Waals surface area contributed by atoms with Crippen molar-refractivity contribution in [3.05, 3.63) is 12.2 Å². The van der Waals surface area contributed by atoms with Crippen molar-refractivity contribution < 1.29 is 20.1 Å². The average Bonchev–Trinajstić information content (AvgIpc) is 2.32. The normalized spacial score (nSPS) is 15.2. The molecule has 0 aromatic heterocycles. The van der Waals surface area contributed by atoms with E-state index >= 15 is 0 Å². The maximum absolute atomic E-state index is 11.4. The zero-order chi connectivity index (χ0) is 14.3. The molecule has 0 aromatic rings. The van der Waals surface area contributed by atoms with Gasteiger partial charge in [0.05, 0.1) is 12.7 Å². The number of hydrogen-bond acceptors (Lipinski definition) is 4. The molecule has 106 valence electrons. The van der Waals surface area contributed by atoms with Crippen LogP contribution in [-0.2, 0) is 4.79 Å². The van der Waals surface area contributed by atoms with Crippen LogP contribution in [0.25, 0.3) is 0 Å². The SMILES string of the molecule is C=C(CCC(O)CO)C(C)(C)CCC(=O)C(C)O. The first-order valence-corrected chi connectivity index (χ1v) is 6.38. The standard InChI is InChI=1S/C14H26O4/c1-10(5-6-12(17)9-15)14(3,4)8-7-13(18)11(2)16/h11-12,15-17H,1,5-9H2,2-4H3. The Bertz CT molecular complexity index is 282. The molecule has 4 nitrogen and oxygen atoms in total. The topological polar surface area (TPSA) is 77.8 Å². The molecule has 0 fully saturated rings. The van der Waals surface area contributed by atoms with Gasteiger partial charge in [-0.3, -0.25) is 4.79 Å². The van der Waals surface area contributed by atoms with Gasteiger partial charge in [-0.05, 0) is 31.6 Å². The summed E-state index contributed by atoms with van der Waals surface area (Å²) in [5.41, 5.74) is 0.744. The Morgan fingerprint density at radius 3 is 2.28 bits per heavy atom. The van der Waals surface area contributed by atoms with Gasteiger partial charge in [-0.1, -0.05) is 26.0 Å². The van der Waals surface area contributed by atoms with E-state index in [9.17, 15) is 9.90 Å². The lowest BCUT2D eigenvalue weighted by molar-refractivity contribution is -0.126. The fraction of sp³-hybridized carbons (Fsp3) is 0.786. The van der Waals surface area contributed by atoms with Gasteiger partial charge in [-0.25, -0.2) is 0 Å². The van der Waals surface area contributed by atoms with E-state index in [1.165, 1.54) is 6.92 Å². The van der Waals surface area contributed by atoms with Crippen LogP contribution in [0, 0.1) is 5.41 Å². The van der Waals surface area contributed by atoms with Crippen molar-refractivity contribution in [2.45, 2.75) is 58.7 Å². The quantitative estimate of drug-likeness (QED) is 0.547.